The van der Waals surface area contributed by atoms with Crippen LogP contribution in [0.5, 0.6) is 0 Å². The van der Waals surface area contributed by atoms with Crippen molar-refractivity contribution in [3.8, 4) is 0 Å². The van der Waals surface area contributed by atoms with Crippen molar-refractivity contribution in [3.05, 3.63) is 5.82 Å². The predicted molar refractivity (Wildman–Crippen MR) is 61.8 cm³/mol. The highest BCUT2D eigenvalue weighted by molar-refractivity contribution is 4.89. The van der Waals surface area contributed by atoms with Gasteiger partial charge >= 0.3 is 0 Å². The van der Waals surface area contributed by atoms with E-state index in [0.717, 1.165) is 25.5 Å². The van der Waals surface area contributed by atoms with Gasteiger partial charge in [-0.25, -0.2) is 4.68 Å². The van der Waals surface area contributed by atoms with Crippen molar-refractivity contribution in [1.82, 2.24) is 25.5 Å². The molecular weight excluding hydrogens is 202 g/mol. The first kappa shape index (κ1) is 11.5. The van der Waals surface area contributed by atoms with Gasteiger partial charge in [-0.2, -0.15) is 0 Å². The molecule has 1 N–H and O–H groups in total. The molecular formula is C11H21N5. The van der Waals surface area contributed by atoms with Crippen molar-refractivity contribution in [1.29, 1.82) is 0 Å². The molecule has 1 aromatic rings. The number of hydrogen-bond donors (Lipinski definition) is 1. The molecule has 1 saturated carbocycles. The summed E-state index contributed by atoms with van der Waals surface area (Å²) in [6.45, 7) is 7.06. The molecule has 1 heterocycles. The molecule has 16 heavy (non-hydrogen) atoms. The minimum absolute atomic E-state index is 0.469. The third-order valence-corrected chi connectivity index (χ3v) is 3.79. The smallest absolute Gasteiger partial charge is 0.165 e. The standard InChI is InChI=1S/C11H21N5/c1-3-11(6-5-7-11)9-16-10(8-12-4-2)13-14-15-16/h12H,3-9H2,1-2H3. The first-order chi connectivity index (χ1) is 7.79. The second-order valence-corrected chi connectivity index (χ2v) is 4.74. The van der Waals surface area contributed by atoms with E-state index in [1.54, 1.807) is 0 Å². The van der Waals surface area contributed by atoms with Gasteiger partial charge in [-0.3, -0.25) is 0 Å². The number of nitrogens with zero attached hydrogens (tertiary/aromatic N) is 4. The molecule has 0 saturated heterocycles. The Kier molecular flexibility index (Phi) is 3.53. The van der Waals surface area contributed by atoms with E-state index in [4.69, 9.17) is 0 Å². The Morgan fingerprint density at radius 2 is 2.19 bits per heavy atom. The number of nitrogens with one attached hydrogen (secondary N) is 1. The summed E-state index contributed by atoms with van der Waals surface area (Å²) in [6.07, 6.45) is 5.24. The summed E-state index contributed by atoms with van der Waals surface area (Å²) in [7, 11) is 0. The van der Waals surface area contributed by atoms with Gasteiger partial charge in [0.15, 0.2) is 5.82 Å². The molecule has 5 heteroatoms. The summed E-state index contributed by atoms with van der Waals surface area (Å²) in [5.74, 6) is 0.960. The van der Waals surface area contributed by atoms with Crippen LogP contribution < -0.4 is 5.32 Å². The molecule has 0 spiro atoms. The first-order valence-corrected chi connectivity index (χ1v) is 6.25. The molecule has 90 valence electrons. The van der Waals surface area contributed by atoms with Gasteiger partial charge in [0.2, 0.25) is 0 Å². The summed E-state index contributed by atoms with van der Waals surface area (Å²) in [4.78, 5) is 0. The highest BCUT2D eigenvalue weighted by Crippen LogP contribution is 2.44. The van der Waals surface area contributed by atoms with E-state index in [1.165, 1.54) is 25.7 Å². The van der Waals surface area contributed by atoms with Gasteiger partial charge in [0.25, 0.3) is 0 Å². The lowest BCUT2D eigenvalue weighted by atomic mass is 9.67. The Bertz CT molecular complexity index is 323. The molecule has 0 atom stereocenters. The molecule has 5 nitrogen and oxygen atoms in total. The molecule has 1 aliphatic carbocycles. The minimum atomic E-state index is 0.469. The van der Waals surface area contributed by atoms with E-state index in [1.807, 2.05) is 4.68 Å². The van der Waals surface area contributed by atoms with Crippen LogP contribution in [0.4, 0.5) is 0 Å². The summed E-state index contributed by atoms with van der Waals surface area (Å²) < 4.78 is 1.98. The van der Waals surface area contributed by atoms with E-state index in [9.17, 15) is 0 Å². The fraction of sp³-hybridized carbons (Fsp3) is 0.909. The molecule has 0 bridgehead atoms. The van der Waals surface area contributed by atoms with E-state index in [-0.39, 0.29) is 0 Å². The molecule has 2 rings (SSSR count). The number of rotatable bonds is 6. The lowest BCUT2D eigenvalue weighted by Gasteiger charge is -2.41. The van der Waals surface area contributed by atoms with Crippen molar-refractivity contribution in [2.45, 2.75) is 52.6 Å². The highest BCUT2D eigenvalue weighted by Gasteiger charge is 2.36. The molecule has 1 aromatic heterocycles. The third-order valence-electron chi connectivity index (χ3n) is 3.79. The van der Waals surface area contributed by atoms with Crippen LogP contribution >= 0.6 is 0 Å². The van der Waals surface area contributed by atoms with Gasteiger partial charge in [-0.05, 0) is 41.6 Å². The monoisotopic (exact) mass is 223 g/mol. The van der Waals surface area contributed by atoms with Crippen LogP contribution in [0.25, 0.3) is 0 Å². The van der Waals surface area contributed by atoms with Crippen LogP contribution in [0.3, 0.4) is 0 Å². The highest BCUT2D eigenvalue weighted by atomic mass is 15.5. The molecule has 1 aliphatic rings. The summed E-state index contributed by atoms with van der Waals surface area (Å²) in [5, 5.41) is 15.2. The zero-order chi connectivity index (χ0) is 11.4. The molecule has 0 amide bonds. The topological polar surface area (TPSA) is 55.6 Å². The first-order valence-electron chi connectivity index (χ1n) is 6.25. The van der Waals surface area contributed by atoms with Crippen LogP contribution in [-0.4, -0.2) is 26.8 Å². The molecule has 0 radical (unpaired) electrons. The molecule has 1 fully saturated rings. The number of hydrogen-bond acceptors (Lipinski definition) is 4. The SMILES string of the molecule is CCNCc1nnnn1CC1(CC)CCC1. The van der Waals surface area contributed by atoms with Crippen LogP contribution in [0, 0.1) is 5.41 Å². The fourth-order valence-corrected chi connectivity index (χ4v) is 2.33. The predicted octanol–water partition coefficient (Wildman–Crippen LogP) is 1.36. The van der Waals surface area contributed by atoms with Gasteiger partial charge in [0.1, 0.15) is 0 Å². The lowest BCUT2D eigenvalue weighted by Crippen LogP contribution is -2.34. The Balaban J connectivity index is 2.00. The third kappa shape index (κ3) is 2.24. The Morgan fingerprint density at radius 3 is 2.75 bits per heavy atom. The Hall–Kier alpha value is -0.970. The van der Waals surface area contributed by atoms with Gasteiger partial charge < -0.3 is 5.32 Å². The second kappa shape index (κ2) is 4.91. The summed E-state index contributed by atoms with van der Waals surface area (Å²) >= 11 is 0. The maximum Gasteiger partial charge on any atom is 0.165 e. The van der Waals surface area contributed by atoms with Gasteiger partial charge in [-0.1, -0.05) is 20.3 Å². The van der Waals surface area contributed by atoms with Crippen molar-refractivity contribution in [2.24, 2.45) is 5.41 Å². The van der Waals surface area contributed by atoms with E-state index >= 15 is 0 Å². The minimum Gasteiger partial charge on any atom is -0.310 e. The summed E-state index contributed by atoms with van der Waals surface area (Å²) in [5.41, 5.74) is 0.469. The molecule has 0 aromatic carbocycles. The average Bonchev–Trinajstić information content (AvgIpc) is 2.68. The van der Waals surface area contributed by atoms with E-state index in [0.29, 0.717) is 5.41 Å². The van der Waals surface area contributed by atoms with Crippen LogP contribution in [0.1, 0.15) is 45.4 Å². The summed E-state index contributed by atoms with van der Waals surface area (Å²) in [6, 6.07) is 0. The van der Waals surface area contributed by atoms with Crippen LogP contribution in [0.15, 0.2) is 0 Å². The van der Waals surface area contributed by atoms with Gasteiger partial charge in [0, 0.05) is 0 Å². The zero-order valence-electron chi connectivity index (χ0n) is 10.2. The quantitative estimate of drug-likeness (QED) is 0.791. The Labute approximate surface area is 96.6 Å². The number of tetrazole rings is 1. The second-order valence-electron chi connectivity index (χ2n) is 4.74. The molecule has 0 unspecified atom stereocenters. The van der Waals surface area contributed by atoms with Crippen molar-refractivity contribution >= 4 is 0 Å². The van der Waals surface area contributed by atoms with Crippen LogP contribution in [-0.2, 0) is 13.1 Å². The van der Waals surface area contributed by atoms with Gasteiger partial charge in [0.05, 0.1) is 13.1 Å². The zero-order valence-corrected chi connectivity index (χ0v) is 10.2. The van der Waals surface area contributed by atoms with Crippen molar-refractivity contribution in [3.63, 3.8) is 0 Å². The fourth-order valence-electron chi connectivity index (χ4n) is 2.33. The number of aromatic nitrogens is 4. The maximum absolute atomic E-state index is 4.10. The van der Waals surface area contributed by atoms with Crippen LogP contribution in [0.2, 0.25) is 0 Å². The average molecular weight is 223 g/mol. The van der Waals surface area contributed by atoms with Crippen molar-refractivity contribution < 1.29 is 0 Å². The lowest BCUT2D eigenvalue weighted by molar-refractivity contribution is 0.0924. The van der Waals surface area contributed by atoms with E-state index in [2.05, 4.69) is 34.7 Å². The van der Waals surface area contributed by atoms with Gasteiger partial charge in [-0.15, -0.1) is 5.10 Å². The molecule has 0 aliphatic heterocycles. The maximum atomic E-state index is 4.10. The van der Waals surface area contributed by atoms with Crippen molar-refractivity contribution in [2.75, 3.05) is 6.54 Å². The Morgan fingerprint density at radius 1 is 1.38 bits per heavy atom. The normalized spacial score (nSPS) is 18.4. The largest absolute Gasteiger partial charge is 0.310 e. The van der Waals surface area contributed by atoms with E-state index < -0.39 is 0 Å².